The van der Waals surface area contributed by atoms with E-state index in [0.29, 0.717) is 17.0 Å². The third-order valence-corrected chi connectivity index (χ3v) is 3.10. The fourth-order valence-corrected chi connectivity index (χ4v) is 2.18. The topological polar surface area (TPSA) is 64.4 Å². The van der Waals surface area contributed by atoms with Gasteiger partial charge in [0.25, 0.3) is 0 Å². The highest BCUT2D eigenvalue weighted by Gasteiger charge is 2.21. The van der Waals surface area contributed by atoms with Crippen LogP contribution in [0.2, 0.25) is 0 Å². The quantitative estimate of drug-likeness (QED) is 0.920. The van der Waals surface area contributed by atoms with Crippen LogP contribution in [0.4, 0.5) is 0 Å². The highest BCUT2D eigenvalue weighted by Crippen LogP contribution is 2.33. The number of ether oxygens (including phenoxy) is 1. The first kappa shape index (κ1) is 13.1. The van der Waals surface area contributed by atoms with E-state index in [1.807, 2.05) is 25.1 Å². The van der Waals surface area contributed by atoms with Crippen molar-refractivity contribution in [3.63, 3.8) is 0 Å². The van der Waals surface area contributed by atoms with Gasteiger partial charge in [-0.3, -0.25) is 4.68 Å². The first-order chi connectivity index (χ1) is 8.95. The Balaban J connectivity index is 2.66. The number of aromatic carboxylic acids is 1. The van der Waals surface area contributed by atoms with Crippen molar-refractivity contribution in [3.8, 4) is 17.0 Å². The van der Waals surface area contributed by atoms with Crippen molar-refractivity contribution in [1.29, 1.82) is 0 Å². The molecule has 1 aromatic carbocycles. The van der Waals surface area contributed by atoms with Crippen molar-refractivity contribution >= 4 is 5.97 Å². The Morgan fingerprint density at radius 1 is 1.37 bits per heavy atom. The van der Waals surface area contributed by atoms with E-state index < -0.39 is 5.97 Å². The molecule has 0 amide bonds. The van der Waals surface area contributed by atoms with Crippen molar-refractivity contribution in [1.82, 2.24) is 9.78 Å². The van der Waals surface area contributed by atoms with Crippen LogP contribution in [0.15, 0.2) is 18.2 Å². The molecule has 0 radical (unpaired) electrons. The van der Waals surface area contributed by atoms with Gasteiger partial charge in [-0.1, -0.05) is 6.07 Å². The number of benzene rings is 1. The van der Waals surface area contributed by atoms with Crippen molar-refractivity contribution < 1.29 is 14.6 Å². The zero-order valence-electron chi connectivity index (χ0n) is 11.4. The second kappa shape index (κ2) is 4.76. The van der Waals surface area contributed by atoms with Gasteiger partial charge in [-0.05, 0) is 31.5 Å². The number of nitrogens with zero attached hydrogens (tertiary/aromatic N) is 2. The van der Waals surface area contributed by atoms with Crippen LogP contribution in [0.5, 0.6) is 5.75 Å². The summed E-state index contributed by atoms with van der Waals surface area (Å²) >= 11 is 0. The molecule has 5 nitrogen and oxygen atoms in total. The molecule has 100 valence electrons. The Morgan fingerprint density at radius 2 is 2.05 bits per heavy atom. The molecule has 19 heavy (non-hydrogen) atoms. The number of rotatable bonds is 3. The van der Waals surface area contributed by atoms with Gasteiger partial charge < -0.3 is 9.84 Å². The highest BCUT2D eigenvalue weighted by atomic mass is 16.5. The number of hydrogen-bond donors (Lipinski definition) is 1. The van der Waals surface area contributed by atoms with Crippen LogP contribution < -0.4 is 4.74 Å². The average molecular weight is 260 g/mol. The van der Waals surface area contributed by atoms with Crippen molar-refractivity contribution in [2.75, 3.05) is 7.11 Å². The number of hydrogen-bond acceptors (Lipinski definition) is 3. The summed E-state index contributed by atoms with van der Waals surface area (Å²) in [4.78, 5) is 11.2. The highest BCUT2D eigenvalue weighted by molar-refractivity contribution is 5.90. The Hall–Kier alpha value is -2.30. The number of aromatic nitrogens is 2. The van der Waals surface area contributed by atoms with Crippen LogP contribution in [0, 0.1) is 13.8 Å². The third-order valence-electron chi connectivity index (χ3n) is 3.10. The molecule has 0 aliphatic heterocycles. The van der Waals surface area contributed by atoms with Gasteiger partial charge in [0.2, 0.25) is 0 Å². The maximum Gasteiger partial charge on any atom is 0.354 e. The molecule has 2 aromatic rings. The summed E-state index contributed by atoms with van der Waals surface area (Å²) in [5, 5.41) is 13.5. The minimum Gasteiger partial charge on any atom is -0.496 e. The van der Waals surface area contributed by atoms with Gasteiger partial charge in [0.05, 0.1) is 12.8 Å². The number of carbonyl (C=O) groups is 1. The van der Waals surface area contributed by atoms with Crippen molar-refractivity contribution in [2.24, 2.45) is 7.05 Å². The Bertz CT molecular complexity index is 644. The van der Waals surface area contributed by atoms with Crippen LogP contribution in [0.25, 0.3) is 11.3 Å². The van der Waals surface area contributed by atoms with Crippen LogP contribution in [0.3, 0.4) is 0 Å². The summed E-state index contributed by atoms with van der Waals surface area (Å²) in [5.41, 5.74) is 3.34. The standard InChI is InChI=1S/C14H16N2O3/c1-8-5-6-10(11(7-8)19-4)12-9(2)13(14(17)18)16(3)15-12/h5-7H,1-4H3,(H,17,18). The molecule has 1 N–H and O–H groups in total. The minimum atomic E-state index is -0.982. The van der Waals surface area contributed by atoms with Crippen LogP contribution in [-0.2, 0) is 7.05 Å². The van der Waals surface area contributed by atoms with E-state index in [1.165, 1.54) is 4.68 Å². The van der Waals surface area contributed by atoms with Gasteiger partial charge in [0, 0.05) is 18.2 Å². The maximum atomic E-state index is 11.2. The Labute approximate surface area is 111 Å². The molecule has 0 fully saturated rings. The van der Waals surface area contributed by atoms with E-state index in [1.54, 1.807) is 21.1 Å². The summed E-state index contributed by atoms with van der Waals surface area (Å²) < 4.78 is 6.73. The number of carboxylic acids is 1. The van der Waals surface area contributed by atoms with E-state index in [9.17, 15) is 9.90 Å². The summed E-state index contributed by atoms with van der Waals surface area (Å²) in [6.45, 7) is 3.73. The van der Waals surface area contributed by atoms with Gasteiger partial charge in [-0.15, -0.1) is 0 Å². The lowest BCUT2D eigenvalue weighted by Crippen LogP contribution is -2.06. The smallest absolute Gasteiger partial charge is 0.354 e. The Morgan fingerprint density at radius 3 is 2.58 bits per heavy atom. The summed E-state index contributed by atoms with van der Waals surface area (Å²) in [7, 11) is 3.22. The third kappa shape index (κ3) is 2.19. The van der Waals surface area contributed by atoms with Crippen LogP contribution in [0.1, 0.15) is 21.6 Å². The van der Waals surface area contributed by atoms with Gasteiger partial charge in [-0.2, -0.15) is 5.10 Å². The zero-order chi connectivity index (χ0) is 14.2. The molecular weight excluding hydrogens is 244 g/mol. The molecule has 0 saturated heterocycles. The van der Waals surface area contributed by atoms with Crippen molar-refractivity contribution in [3.05, 3.63) is 35.0 Å². The molecule has 5 heteroatoms. The fraction of sp³-hybridized carbons (Fsp3) is 0.286. The zero-order valence-corrected chi connectivity index (χ0v) is 11.4. The minimum absolute atomic E-state index is 0.192. The molecule has 0 aliphatic rings. The van der Waals surface area contributed by atoms with Gasteiger partial charge in [-0.25, -0.2) is 4.79 Å². The molecule has 0 spiro atoms. The molecule has 0 aliphatic carbocycles. The van der Waals surface area contributed by atoms with E-state index in [4.69, 9.17) is 4.74 Å². The second-order valence-electron chi connectivity index (χ2n) is 4.45. The SMILES string of the molecule is COc1cc(C)ccc1-c1nn(C)c(C(=O)O)c1C. The van der Waals surface area contributed by atoms with E-state index in [2.05, 4.69) is 5.10 Å². The lowest BCUT2D eigenvalue weighted by molar-refractivity contribution is 0.0684. The predicted molar refractivity (Wildman–Crippen MR) is 71.6 cm³/mol. The molecule has 0 saturated carbocycles. The van der Waals surface area contributed by atoms with Crippen LogP contribution in [-0.4, -0.2) is 28.0 Å². The molecule has 0 bridgehead atoms. The van der Waals surface area contributed by atoms with Gasteiger partial charge in [0.15, 0.2) is 0 Å². The predicted octanol–water partition coefficient (Wildman–Crippen LogP) is 2.41. The van der Waals surface area contributed by atoms with E-state index in [-0.39, 0.29) is 5.69 Å². The number of aryl methyl sites for hydroxylation is 2. The summed E-state index contributed by atoms with van der Waals surface area (Å²) in [6.07, 6.45) is 0. The number of carboxylic acid groups (broad SMARTS) is 1. The Kier molecular flexibility index (Phi) is 3.29. The molecular formula is C14H16N2O3. The molecule has 1 aromatic heterocycles. The van der Waals surface area contributed by atoms with Crippen LogP contribution >= 0.6 is 0 Å². The van der Waals surface area contributed by atoms with E-state index in [0.717, 1.165) is 11.1 Å². The monoisotopic (exact) mass is 260 g/mol. The van der Waals surface area contributed by atoms with Gasteiger partial charge >= 0.3 is 5.97 Å². The average Bonchev–Trinajstić information content (AvgIpc) is 2.64. The summed E-state index contributed by atoms with van der Waals surface area (Å²) in [6, 6.07) is 5.76. The number of methoxy groups -OCH3 is 1. The molecule has 2 rings (SSSR count). The molecule has 0 unspecified atom stereocenters. The second-order valence-corrected chi connectivity index (χ2v) is 4.45. The first-order valence-corrected chi connectivity index (χ1v) is 5.87. The maximum absolute atomic E-state index is 11.2. The molecule has 1 heterocycles. The van der Waals surface area contributed by atoms with E-state index >= 15 is 0 Å². The largest absolute Gasteiger partial charge is 0.496 e. The van der Waals surface area contributed by atoms with Crippen molar-refractivity contribution in [2.45, 2.75) is 13.8 Å². The lowest BCUT2D eigenvalue weighted by Gasteiger charge is -2.08. The summed E-state index contributed by atoms with van der Waals surface area (Å²) in [5.74, 6) is -0.289. The molecule has 0 atom stereocenters. The first-order valence-electron chi connectivity index (χ1n) is 5.87. The normalized spacial score (nSPS) is 10.5. The van der Waals surface area contributed by atoms with Gasteiger partial charge in [0.1, 0.15) is 11.4 Å². The fourth-order valence-electron chi connectivity index (χ4n) is 2.18. The lowest BCUT2D eigenvalue weighted by atomic mass is 10.0.